The van der Waals surface area contributed by atoms with Gasteiger partial charge in [-0.05, 0) is 56.4 Å². The van der Waals surface area contributed by atoms with Gasteiger partial charge in [-0.25, -0.2) is 5.48 Å². The van der Waals surface area contributed by atoms with Gasteiger partial charge < -0.3 is 14.8 Å². The Bertz CT molecular complexity index is 850. The molecule has 1 atom stereocenters. The lowest BCUT2D eigenvalue weighted by atomic mass is 10.1. The Morgan fingerprint density at radius 1 is 1.07 bits per heavy atom. The van der Waals surface area contributed by atoms with E-state index in [1.807, 2.05) is 30.3 Å². The maximum absolute atomic E-state index is 12.6. The van der Waals surface area contributed by atoms with Crippen molar-refractivity contribution < 1.29 is 23.9 Å². The van der Waals surface area contributed by atoms with E-state index < -0.39 is 11.9 Å². The summed E-state index contributed by atoms with van der Waals surface area (Å²) in [5.74, 6) is 0.314. The van der Waals surface area contributed by atoms with Gasteiger partial charge >= 0.3 is 0 Å². The third-order valence-electron chi connectivity index (χ3n) is 5.02. The standard InChI is InChI=1S/C23H28N2O5/c1-16(22(26)25-29-15-17-8-4-3-5-9-17)24-23(27)18-12-13-20(28-2)21(14-18)30-19-10-6-7-11-19/h3-5,8-9,12-14,16,19H,6-7,10-11,15H2,1-2H3,(H,24,27)(H,25,26)/t16-/m0/s1. The number of hydrogen-bond acceptors (Lipinski definition) is 5. The van der Waals surface area contributed by atoms with E-state index in [-0.39, 0.29) is 18.6 Å². The average molecular weight is 412 g/mol. The molecule has 0 heterocycles. The molecule has 0 unspecified atom stereocenters. The number of amides is 2. The van der Waals surface area contributed by atoms with Gasteiger partial charge in [0.1, 0.15) is 6.04 Å². The van der Waals surface area contributed by atoms with Crippen molar-refractivity contribution in [1.82, 2.24) is 10.8 Å². The largest absolute Gasteiger partial charge is 0.493 e. The van der Waals surface area contributed by atoms with E-state index in [1.54, 1.807) is 32.2 Å². The van der Waals surface area contributed by atoms with E-state index >= 15 is 0 Å². The molecule has 2 amide bonds. The number of carbonyl (C=O) groups excluding carboxylic acids is 2. The molecule has 0 aromatic heterocycles. The Morgan fingerprint density at radius 3 is 2.50 bits per heavy atom. The van der Waals surface area contributed by atoms with Gasteiger partial charge in [-0.1, -0.05) is 30.3 Å². The van der Waals surface area contributed by atoms with Crippen molar-refractivity contribution in [3.05, 3.63) is 59.7 Å². The molecule has 2 aromatic carbocycles. The predicted molar refractivity (Wildman–Crippen MR) is 112 cm³/mol. The summed E-state index contributed by atoms with van der Waals surface area (Å²) in [6.45, 7) is 1.84. The van der Waals surface area contributed by atoms with Crippen molar-refractivity contribution in [2.75, 3.05) is 7.11 Å². The van der Waals surface area contributed by atoms with Crippen molar-refractivity contribution in [1.29, 1.82) is 0 Å². The van der Waals surface area contributed by atoms with E-state index in [1.165, 1.54) is 0 Å². The van der Waals surface area contributed by atoms with Crippen LogP contribution in [-0.2, 0) is 16.2 Å². The van der Waals surface area contributed by atoms with E-state index in [9.17, 15) is 9.59 Å². The van der Waals surface area contributed by atoms with Crippen molar-refractivity contribution in [2.24, 2.45) is 0 Å². The monoisotopic (exact) mass is 412 g/mol. The molecule has 30 heavy (non-hydrogen) atoms. The van der Waals surface area contributed by atoms with Gasteiger partial charge in [0, 0.05) is 5.56 Å². The minimum absolute atomic E-state index is 0.142. The number of methoxy groups -OCH3 is 1. The second-order valence-electron chi connectivity index (χ2n) is 7.33. The van der Waals surface area contributed by atoms with Gasteiger partial charge in [0.2, 0.25) is 0 Å². The van der Waals surface area contributed by atoms with Crippen LogP contribution in [0.2, 0.25) is 0 Å². The molecule has 2 aromatic rings. The quantitative estimate of drug-likeness (QED) is 0.617. The fourth-order valence-corrected chi connectivity index (χ4v) is 3.29. The Hall–Kier alpha value is -3.06. The van der Waals surface area contributed by atoms with Crippen molar-refractivity contribution in [3.8, 4) is 11.5 Å². The molecule has 0 aliphatic heterocycles. The van der Waals surface area contributed by atoms with E-state index in [0.717, 1.165) is 31.2 Å². The summed E-state index contributed by atoms with van der Waals surface area (Å²) in [6, 6.07) is 13.7. The summed E-state index contributed by atoms with van der Waals surface area (Å²) < 4.78 is 11.4. The Balaban J connectivity index is 1.54. The molecule has 2 N–H and O–H groups in total. The second kappa shape index (κ2) is 10.6. The van der Waals surface area contributed by atoms with Crippen molar-refractivity contribution in [3.63, 3.8) is 0 Å². The molecule has 1 fully saturated rings. The molecule has 1 aliphatic rings. The molecule has 1 aliphatic carbocycles. The smallest absolute Gasteiger partial charge is 0.265 e. The highest BCUT2D eigenvalue weighted by molar-refractivity contribution is 5.97. The zero-order chi connectivity index (χ0) is 21.3. The third kappa shape index (κ3) is 5.97. The first-order chi connectivity index (χ1) is 14.6. The van der Waals surface area contributed by atoms with Crippen LogP contribution >= 0.6 is 0 Å². The van der Waals surface area contributed by atoms with Crippen LogP contribution in [0.3, 0.4) is 0 Å². The summed E-state index contributed by atoms with van der Waals surface area (Å²) in [5, 5.41) is 2.68. The van der Waals surface area contributed by atoms with Gasteiger partial charge in [0.05, 0.1) is 19.8 Å². The maximum atomic E-state index is 12.6. The highest BCUT2D eigenvalue weighted by Gasteiger charge is 2.21. The number of nitrogens with one attached hydrogen (secondary N) is 2. The summed E-state index contributed by atoms with van der Waals surface area (Å²) in [6.07, 6.45) is 4.43. The number of hydroxylamine groups is 1. The molecule has 0 saturated heterocycles. The van der Waals surface area contributed by atoms with Crippen LogP contribution in [0.25, 0.3) is 0 Å². The summed E-state index contributed by atoms with van der Waals surface area (Å²) in [4.78, 5) is 30.0. The van der Waals surface area contributed by atoms with Crippen LogP contribution in [-0.4, -0.2) is 31.1 Å². The summed E-state index contributed by atoms with van der Waals surface area (Å²) in [5.41, 5.74) is 3.70. The van der Waals surface area contributed by atoms with Gasteiger partial charge in [-0.15, -0.1) is 0 Å². The SMILES string of the molecule is COc1ccc(C(=O)N[C@@H](C)C(=O)NOCc2ccccc2)cc1OC1CCCC1. The zero-order valence-electron chi connectivity index (χ0n) is 17.4. The highest BCUT2D eigenvalue weighted by atomic mass is 16.6. The molecule has 0 bridgehead atoms. The van der Waals surface area contributed by atoms with Crippen LogP contribution in [0.5, 0.6) is 11.5 Å². The number of rotatable bonds is 9. The van der Waals surface area contributed by atoms with Crippen LogP contribution in [0, 0.1) is 0 Å². The van der Waals surface area contributed by atoms with Gasteiger partial charge in [0.25, 0.3) is 11.8 Å². The molecular formula is C23H28N2O5. The van der Waals surface area contributed by atoms with E-state index in [0.29, 0.717) is 17.1 Å². The van der Waals surface area contributed by atoms with E-state index in [2.05, 4.69) is 10.8 Å². The molecule has 1 saturated carbocycles. The molecule has 7 nitrogen and oxygen atoms in total. The fourth-order valence-electron chi connectivity index (χ4n) is 3.29. The Labute approximate surface area is 176 Å². The van der Waals surface area contributed by atoms with Crippen molar-refractivity contribution in [2.45, 2.75) is 51.4 Å². The topological polar surface area (TPSA) is 85.9 Å². The van der Waals surface area contributed by atoms with Crippen LogP contribution in [0.1, 0.15) is 48.5 Å². The van der Waals surface area contributed by atoms with Gasteiger partial charge in [-0.2, -0.15) is 0 Å². The minimum atomic E-state index is -0.769. The van der Waals surface area contributed by atoms with Crippen LogP contribution < -0.4 is 20.3 Å². The predicted octanol–water partition coefficient (Wildman–Crippen LogP) is 3.38. The molecule has 0 spiro atoms. The lowest BCUT2D eigenvalue weighted by Gasteiger charge is -2.18. The lowest BCUT2D eigenvalue weighted by Crippen LogP contribution is -2.44. The second-order valence-corrected chi connectivity index (χ2v) is 7.33. The third-order valence-corrected chi connectivity index (χ3v) is 5.02. The molecule has 160 valence electrons. The molecular weight excluding hydrogens is 384 g/mol. The zero-order valence-corrected chi connectivity index (χ0v) is 17.4. The van der Waals surface area contributed by atoms with Gasteiger partial charge in [0.15, 0.2) is 11.5 Å². The molecule has 0 radical (unpaired) electrons. The van der Waals surface area contributed by atoms with E-state index in [4.69, 9.17) is 14.3 Å². The first kappa shape index (κ1) is 21.6. The Kier molecular flexibility index (Phi) is 7.68. The fraction of sp³-hybridized carbons (Fsp3) is 0.391. The number of benzene rings is 2. The van der Waals surface area contributed by atoms with Crippen LogP contribution in [0.4, 0.5) is 0 Å². The van der Waals surface area contributed by atoms with Crippen LogP contribution in [0.15, 0.2) is 48.5 Å². The van der Waals surface area contributed by atoms with Gasteiger partial charge in [-0.3, -0.25) is 14.4 Å². The normalized spacial score (nSPS) is 14.7. The minimum Gasteiger partial charge on any atom is -0.493 e. The summed E-state index contributed by atoms with van der Waals surface area (Å²) >= 11 is 0. The lowest BCUT2D eigenvalue weighted by molar-refractivity contribution is -0.136. The first-order valence-electron chi connectivity index (χ1n) is 10.2. The Morgan fingerprint density at radius 2 is 1.80 bits per heavy atom. The van der Waals surface area contributed by atoms with Crippen molar-refractivity contribution >= 4 is 11.8 Å². The average Bonchev–Trinajstić information content (AvgIpc) is 3.27. The first-order valence-corrected chi connectivity index (χ1v) is 10.2. The maximum Gasteiger partial charge on any atom is 0.265 e. The number of hydrogen-bond donors (Lipinski definition) is 2. The molecule has 3 rings (SSSR count). The summed E-state index contributed by atoms with van der Waals surface area (Å²) in [7, 11) is 1.57. The number of ether oxygens (including phenoxy) is 2. The molecule has 7 heteroatoms. The highest BCUT2D eigenvalue weighted by Crippen LogP contribution is 2.32. The number of carbonyl (C=O) groups is 2.